The van der Waals surface area contributed by atoms with E-state index in [4.69, 9.17) is 4.74 Å². The van der Waals surface area contributed by atoms with Gasteiger partial charge in [-0.3, -0.25) is 0 Å². The molecule has 64 valence electrons. The van der Waals surface area contributed by atoms with Gasteiger partial charge in [-0.2, -0.15) is 0 Å². The van der Waals surface area contributed by atoms with Crippen molar-refractivity contribution in [3.63, 3.8) is 0 Å². The molecule has 0 fully saturated rings. The molecule has 1 aromatic carbocycles. The molecule has 0 saturated carbocycles. The molecule has 0 amide bonds. The molecule has 1 aliphatic rings. The molecule has 1 aromatic rings. The Morgan fingerprint density at radius 1 is 1.58 bits per heavy atom. The Hall–Kier alpha value is -0.540. The van der Waals surface area contributed by atoms with E-state index in [0.29, 0.717) is 6.61 Å². The third-order valence-electron chi connectivity index (χ3n) is 2.14. The van der Waals surface area contributed by atoms with Crippen LogP contribution < -0.4 is 4.74 Å². The van der Waals surface area contributed by atoms with E-state index >= 15 is 0 Å². The Kier molecular flexibility index (Phi) is 1.85. The number of ether oxygens (including phenoxy) is 1. The van der Waals surface area contributed by atoms with E-state index in [1.165, 1.54) is 0 Å². The van der Waals surface area contributed by atoms with Gasteiger partial charge in [0.1, 0.15) is 18.5 Å². The standard InChI is InChI=1S/C9H9BrO2/c1-5-6(10)2-3-8-9(5)7(11)4-12-8/h2-3,7,11H,4H2,1H3. The lowest BCUT2D eigenvalue weighted by Crippen LogP contribution is -1.98. The Balaban J connectivity index is 2.63. The third kappa shape index (κ3) is 1.04. The predicted octanol–water partition coefficient (Wildman–Crippen LogP) is 2.18. The summed E-state index contributed by atoms with van der Waals surface area (Å²) >= 11 is 3.41. The van der Waals surface area contributed by atoms with Crippen LogP contribution in [0.4, 0.5) is 0 Å². The molecule has 1 unspecified atom stereocenters. The van der Waals surface area contributed by atoms with Crippen LogP contribution in [0.1, 0.15) is 17.2 Å². The monoisotopic (exact) mass is 228 g/mol. The molecule has 0 bridgehead atoms. The molecule has 2 rings (SSSR count). The first kappa shape index (κ1) is 8.08. The summed E-state index contributed by atoms with van der Waals surface area (Å²) in [5, 5.41) is 9.54. The van der Waals surface area contributed by atoms with Crippen LogP contribution in [0.3, 0.4) is 0 Å². The zero-order valence-electron chi connectivity index (χ0n) is 6.67. The molecule has 12 heavy (non-hydrogen) atoms. The molecule has 0 saturated heterocycles. The highest BCUT2D eigenvalue weighted by Gasteiger charge is 2.24. The smallest absolute Gasteiger partial charge is 0.125 e. The number of hydrogen-bond donors (Lipinski definition) is 1. The van der Waals surface area contributed by atoms with Gasteiger partial charge in [0, 0.05) is 10.0 Å². The van der Waals surface area contributed by atoms with E-state index in [2.05, 4.69) is 15.9 Å². The van der Waals surface area contributed by atoms with Crippen molar-refractivity contribution in [2.24, 2.45) is 0 Å². The molecule has 0 aliphatic carbocycles. The first-order valence-corrected chi connectivity index (χ1v) is 4.59. The number of hydrogen-bond acceptors (Lipinski definition) is 2. The number of benzene rings is 1. The van der Waals surface area contributed by atoms with Crippen LogP contribution in [0.5, 0.6) is 5.75 Å². The predicted molar refractivity (Wildman–Crippen MR) is 49.3 cm³/mol. The van der Waals surface area contributed by atoms with Gasteiger partial charge in [0.05, 0.1) is 0 Å². The molecule has 3 heteroatoms. The first-order chi connectivity index (χ1) is 5.70. The second-order valence-corrected chi connectivity index (χ2v) is 3.77. The molecule has 1 atom stereocenters. The highest BCUT2D eigenvalue weighted by Crippen LogP contribution is 2.37. The molecular weight excluding hydrogens is 220 g/mol. The summed E-state index contributed by atoms with van der Waals surface area (Å²) in [7, 11) is 0. The molecule has 1 N–H and O–H groups in total. The minimum atomic E-state index is -0.461. The van der Waals surface area contributed by atoms with Gasteiger partial charge in [-0.05, 0) is 24.6 Å². The second kappa shape index (κ2) is 2.75. The van der Waals surface area contributed by atoms with Crippen molar-refractivity contribution in [1.82, 2.24) is 0 Å². The van der Waals surface area contributed by atoms with Gasteiger partial charge < -0.3 is 9.84 Å². The van der Waals surface area contributed by atoms with Crippen molar-refractivity contribution in [1.29, 1.82) is 0 Å². The van der Waals surface area contributed by atoms with Gasteiger partial charge in [0.2, 0.25) is 0 Å². The summed E-state index contributed by atoms with van der Waals surface area (Å²) in [5.41, 5.74) is 1.99. The number of rotatable bonds is 0. The van der Waals surface area contributed by atoms with E-state index in [-0.39, 0.29) is 0 Å². The van der Waals surface area contributed by atoms with E-state index in [9.17, 15) is 5.11 Å². The Labute approximate surface area is 79.3 Å². The van der Waals surface area contributed by atoms with Crippen LogP contribution >= 0.6 is 15.9 Å². The van der Waals surface area contributed by atoms with Crippen LogP contribution in [0.25, 0.3) is 0 Å². The summed E-state index contributed by atoms with van der Waals surface area (Å²) in [5.74, 6) is 0.809. The van der Waals surface area contributed by atoms with E-state index in [0.717, 1.165) is 21.3 Å². The Morgan fingerprint density at radius 3 is 3.08 bits per heavy atom. The summed E-state index contributed by atoms with van der Waals surface area (Å²) in [6, 6.07) is 3.81. The van der Waals surface area contributed by atoms with Crippen LogP contribution in [-0.2, 0) is 0 Å². The number of halogens is 1. The van der Waals surface area contributed by atoms with Gasteiger partial charge in [0.25, 0.3) is 0 Å². The lowest BCUT2D eigenvalue weighted by Gasteiger charge is -2.05. The summed E-state index contributed by atoms with van der Waals surface area (Å²) in [4.78, 5) is 0. The maximum Gasteiger partial charge on any atom is 0.125 e. The zero-order valence-corrected chi connectivity index (χ0v) is 8.26. The topological polar surface area (TPSA) is 29.5 Å². The van der Waals surface area contributed by atoms with Gasteiger partial charge in [0.15, 0.2) is 0 Å². The van der Waals surface area contributed by atoms with Crippen molar-refractivity contribution in [2.45, 2.75) is 13.0 Å². The highest BCUT2D eigenvalue weighted by atomic mass is 79.9. The minimum Gasteiger partial charge on any atom is -0.490 e. The molecular formula is C9H9BrO2. The van der Waals surface area contributed by atoms with Crippen LogP contribution in [0, 0.1) is 6.92 Å². The summed E-state index contributed by atoms with van der Waals surface area (Å²) in [6.07, 6.45) is -0.461. The average molecular weight is 229 g/mol. The Bertz CT molecular complexity index is 323. The number of fused-ring (bicyclic) bond motifs is 1. The molecule has 2 nitrogen and oxygen atoms in total. The lowest BCUT2D eigenvalue weighted by atomic mass is 10.1. The minimum absolute atomic E-state index is 0.382. The van der Waals surface area contributed by atoms with Gasteiger partial charge in [-0.15, -0.1) is 0 Å². The van der Waals surface area contributed by atoms with Crippen molar-refractivity contribution in [3.8, 4) is 5.75 Å². The fourth-order valence-corrected chi connectivity index (χ4v) is 1.81. The summed E-state index contributed by atoms with van der Waals surface area (Å²) in [6.45, 7) is 2.35. The van der Waals surface area contributed by atoms with Crippen molar-refractivity contribution >= 4 is 15.9 Å². The van der Waals surface area contributed by atoms with Crippen molar-refractivity contribution < 1.29 is 9.84 Å². The molecule has 0 spiro atoms. The van der Waals surface area contributed by atoms with Gasteiger partial charge in [-0.25, -0.2) is 0 Å². The Morgan fingerprint density at radius 2 is 2.33 bits per heavy atom. The molecule has 1 aliphatic heterocycles. The SMILES string of the molecule is Cc1c(Br)ccc2c1C(O)CO2. The second-order valence-electron chi connectivity index (χ2n) is 2.91. The van der Waals surface area contributed by atoms with Crippen LogP contribution in [0.15, 0.2) is 16.6 Å². The lowest BCUT2D eigenvalue weighted by molar-refractivity contribution is 0.140. The number of aliphatic hydroxyl groups excluding tert-OH is 1. The zero-order chi connectivity index (χ0) is 8.72. The van der Waals surface area contributed by atoms with Crippen molar-refractivity contribution in [2.75, 3.05) is 6.61 Å². The largest absolute Gasteiger partial charge is 0.490 e. The quantitative estimate of drug-likeness (QED) is 0.738. The third-order valence-corrected chi connectivity index (χ3v) is 3.00. The molecule has 0 aromatic heterocycles. The first-order valence-electron chi connectivity index (χ1n) is 3.80. The highest BCUT2D eigenvalue weighted by molar-refractivity contribution is 9.10. The van der Waals surface area contributed by atoms with Crippen LogP contribution in [0.2, 0.25) is 0 Å². The molecule has 0 radical (unpaired) electrons. The fraction of sp³-hybridized carbons (Fsp3) is 0.333. The van der Waals surface area contributed by atoms with Gasteiger partial charge in [-0.1, -0.05) is 15.9 Å². The molecule has 1 heterocycles. The van der Waals surface area contributed by atoms with E-state index < -0.39 is 6.10 Å². The maximum absolute atomic E-state index is 9.54. The van der Waals surface area contributed by atoms with Gasteiger partial charge >= 0.3 is 0 Å². The summed E-state index contributed by atoms with van der Waals surface area (Å²) < 4.78 is 6.29. The van der Waals surface area contributed by atoms with E-state index in [1.54, 1.807) is 0 Å². The average Bonchev–Trinajstić information content (AvgIpc) is 2.41. The maximum atomic E-state index is 9.54. The fourth-order valence-electron chi connectivity index (χ4n) is 1.47. The van der Waals surface area contributed by atoms with Crippen LogP contribution in [-0.4, -0.2) is 11.7 Å². The normalized spacial score (nSPS) is 20.4. The van der Waals surface area contributed by atoms with Crippen molar-refractivity contribution in [3.05, 3.63) is 27.7 Å². The van der Waals surface area contributed by atoms with E-state index in [1.807, 2.05) is 19.1 Å². The number of aliphatic hydroxyl groups is 1.